The van der Waals surface area contributed by atoms with Crippen molar-refractivity contribution in [3.8, 4) is 5.75 Å². The average Bonchev–Trinajstić information content (AvgIpc) is 1.70. The van der Waals surface area contributed by atoms with Crippen LogP contribution in [0.5, 0.6) is 5.75 Å². The normalized spacial score (nSPS) is 17.4. The van der Waals surface area contributed by atoms with E-state index in [9.17, 15) is 46.8 Å². The highest BCUT2D eigenvalue weighted by Crippen LogP contribution is 2.49. The number of likely N-dealkylation sites (N-methyl/N-ethyl adjacent to an activating group) is 1. The number of anilines is 1. The summed E-state index contributed by atoms with van der Waals surface area (Å²) in [5.41, 5.74) is 10.3. The molecule has 19 nitrogen and oxygen atoms in total. The Bertz CT molecular complexity index is 3860. The lowest BCUT2D eigenvalue weighted by molar-refractivity contribution is -0.130. The van der Waals surface area contributed by atoms with Gasteiger partial charge in [-0.05, 0) is 116 Å². The number of Topliss-reactive ketones (excluding diaryl/α,β-unsaturated/α-hetero) is 1. The molecule has 2 atom stereocenters. The van der Waals surface area contributed by atoms with E-state index in [4.69, 9.17) is 14.4 Å². The monoisotopic (exact) mass is 1260 g/mol. The number of benzene rings is 5. The molecule has 1 aliphatic carbocycles. The molecule has 6 N–H and O–H groups in total. The predicted octanol–water partition coefficient (Wildman–Crippen LogP) is 7.11. The van der Waals surface area contributed by atoms with Crippen molar-refractivity contribution >= 4 is 69.3 Å². The molecule has 0 radical (unpaired) electrons. The molecule has 5 aromatic carbocycles. The third-order valence-corrected chi connectivity index (χ3v) is 18.7. The van der Waals surface area contributed by atoms with Gasteiger partial charge in [0.15, 0.2) is 11.6 Å². The standard InChI is InChI=1S/C70H82BN7O12S/c1-44-21-12-15-26-53(44)69(2,3)58(72-6)40-50-62(51(64(50)81)41-59-70(4,5)54-27-16-17-28-56(54)77(59)7)78-38-20-29-57(78)68(84)76-55(43-91(86,87)88)67(83)74-35-19-18-30-60(79)73-36-37-75-66(82)49-39-48(65(89-8)61-52(49)42-90-71(61)85)25-14-13-22-45-31-33-47(34-32-45)63(80)46-23-10-9-11-24-46/h9-12,15-17,21,23-24,26-28,31-34,39-41,55,57,85H,13-14,18-20,22,25,29-30,35-38,42-43H2,1-8H3,(H,73,79)(H,74,83)(H,75,82)(H,76,84)(H,86,87,88)/b50-40-,59-41+,72-58?/t55?,57-/m1/s1. The Kier molecular flexibility index (Phi) is 21.2. The van der Waals surface area contributed by atoms with Gasteiger partial charge in [-0.15, -0.1) is 0 Å². The Morgan fingerprint density at radius 3 is 2.26 bits per heavy atom. The molecule has 0 bridgehead atoms. The first-order valence-electron chi connectivity index (χ1n) is 31.1. The molecule has 21 heteroatoms. The van der Waals surface area contributed by atoms with Crippen LogP contribution in [0.15, 0.2) is 149 Å². The van der Waals surface area contributed by atoms with Crippen LogP contribution in [0.2, 0.25) is 0 Å². The van der Waals surface area contributed by atoms with E-state index >= 15 is 0 Å². The van der Waals surface area contributed by atoms with Gasteiger partial charge >= 0.3 is 7.12 Å². The first-order chi connectivity index (χ1) is 43.4. The van der Waals surface area contributed by atoms with Crippen molar-refractivity contribution in [2.45, 2.75) is 122 Å². The van der Waals surface area contributed by atoms with Gasteiger partial charge in [0, 0.05) is 108 Å². The zero-order chi connectivity index (χ0) is 65.4. The van der Waals surface area contributed by atoms with Gasteiger partial charge in [-0.3, -0.25) is 38.3 Å². The Labute approximate surface area is 533 Å². The molecule has 1 fully saturated rings. The zero-order valence-electron chi connectivity index (χ0n) is 53.1. The number of nitrogens with zero attached hydrogens (tertiary/aromatic N) is 3. The first-order valence-corrected chi connectivity index (χ1v) is 32.7. The molecule has 5 aromatic rings. The van der Waals surface area contributed by atoms with Gasteiger partial charge in [0.05, 0.1) is 19.4 Å². The number of nitrogens with one attached hydrogen (secondary N) is 4. The van der Waals surface area contributed by atoms with E-state index in [0.29, 0.717) is 94.7 Å². The highest BCUT2D eigenvalue weighted by atomic mass is 32.2. The van der Waals surface area contributed by atoms with Gasteiger partial charge in [0.25, 0.3) is 16.0 Å². The van der Waals surface area contributed by atoms with E-state index in [1.807, 2.05) is 124 Å². The second kappa shape index (κ2) is 28.8. The highest BCUT2D eigenvalue weighted by Gasteiger charge is 2.46. The van der Waals surface area contributed by atoms with Gasteiger partial charge in [-0.1, -0.05) is 125 Å². The highest BCUT2D eigenvalue weighted by molar-refractivity contribution is 7.85. The maximum Gasteiger partial charge on any atom is 0.495 e. The summed E-state index contributed by atoms with van der Waals surface area (Å²) in [5, 5.41) is 21.7. The van der Waals surface area contributed by atoms with E-state index in [1.54, 1.807) is 31.3 Å². The number of carbonyl (C=O) groups excluding carboxylic acids is 6. The SMILES string of the molecule is CN=C(/C=C1\C(=O)C(/C=C2/N(C)c3ccccc3C2(C)C)=C1N1CCC[C@@H]1C(=O)NC(CS(=O)(=O)O)C(=O)NCCCCC(=O)NCCNC(=O)c1cc(CCCCc2ccc(C(=O)c3ccccc3)cc2)c(OC)c2c1COB2O)C(C)(C)c1ccccc1C. The molecule has 0 aromatic heterocycles. The second-order valence-corrected chi connectivity index (χ2v) is 26.2. The summed E-state index contributed by atoms with van der Waals surface area (Å²) in [5.74, 6) is -3.11. The molecule has 4 amide bonds. The number of allylic oxidation sites excluding steroid dienone is 5. The van der Waals surface area contributed by atoms with Crippen LogP contribution in [0, 0.1) is 6.92 Å². The largest absolute Gasteiger partial charge is 0.497 e. The Balaban J connectivity index is 0.780. The maximum atomic E-state index is 14.7. The van der Waals surface area contributed by atoms with Gasteiger partial charge < -0.3 is 45.5 Å². The van der Waals surface area contributed by atoms with E-state index in [-0.39, 0.29) is 50.1 Å². The number of aryl methyl sites for hydroxylation is 3. The quantitative estimate of drug-likeness (QED) is 0.00765. The summed E-state index contributed by atoms with van der Waals surface area (Å²) < 4.78 is 46.1. The zero-order valence-corrected chi connectivity index (χ0v) is 53.9. The number of hydrogen-bond donors (Lipinski definition) is 6. The summed E-state index contributed by atoms with van der Waals surface area (Å²) in [6.45, 7) is 10.9. The fraction of sp³-hybridized carbons (Fsp3) is 0.386. The van der Waals surface area contributed by atoms with Crippen LogP contribution in [0.4, 0.5) is 5.69 Å². The molecular formula is C70H82BN7O12S. The third kappa shape index (κ3) is 15.0. The van der Waals surface area contributed by atoms with E-state index in [2.05, 4.69) is 46.1 Å². The van der Waals surface area contributed by atoms with Crippen molar-refractivity contribution in [2.24, 2.45) is 4.99 Å². The number of carbonyl (C=O) groups is 6. The van der Waals surface area contributed by atoms with E-state index in [1.165, 1.54) is 7.11 Å². The second-order valence-electron chi connectivity index (χ2n) is 24.7. The summed E-state index contributed by atoms with van der Waals surface area (Å²) in [4.78, 5) is 91.1. The maximum absolute atomic E-state index is 14.7. The predicted molar refractivity (Wildman–Crippen MR) is 352 cm³/mol. The van der Waals surface area contributed by atoms with Crippen molar-refractivity contribution < 1.29 is 56.2 Å². The molecule has 91 heavy (non-hydrogen) atoms. The summed E-state index contributed by atoms with van der Waals surface area (Å²) in [6, 6.07) is 32.0. The number of para-hydroxylation sites is 1. The molecule has 0 saturated carbocycles. The lowest BCUT2D eigenvalue weighted by Gasteiger charge is -2.38. The van der Waals surface area contributed by atoms with E-state index < -0.39 is 63.6 Å². The summed E-state index contributed by atoms with van der Waals surface area (Å²) in [6.07, 6.45) is 8.13. The number of ether oxygens (including phenoxy) is 1. The number of aliphatic imine (C=N–C) groups is 1. The smallest absolute Gasteiger partial charge is 0.495 e. The van der Waals surface area contributed by atoms with Gasteiger partial charge in [-0.2, -0.15) is 8.42 Å². The molecule has 478 valence electrons. The van der Waals surface area contributed by atoms with Crippen LogP contribution in [0.3, 0.4) is 0 Å². The van der Waals surface area contributed by atoms with Crippen LogP contribution >= 0.6 is 0 Å². The number of amides is 4. The number of methoxy groups -OCH3 is 1. The van der Waals surface area contributed by atoms with Crippen LogP contribution in [-0.2, 0) is 64.2 Å². The Hall–Kier alpha value is -8.50. The average molecular weight is 1260 g/mol. The Morgan fingerprint density at radius 1 is 0.879 bits per heavy atom. The van der Waals surface area contributed by atoms with Gasteiger partial charge in [-0.25, -0.2) is 0 Å². The molecule has 1 saturated heterocycles. The number of hydrogen-bond acceptors (Lipinski definition) is 14. The molecular weight excluding hydrogens is 1170 g/mol. The van der Waals surface area contributed by atoms with Gasteiger partial charge in [0.2, 0.25) is 17.7 Å². The van der Waals surface area contributed by atoms with Crippen molar-refractivity contribution in [3.63, 3.8) is 0 Å². The lowest BCUT2D eigenvalue weighted by atomic mass is 9.74. The molecule has 1 unspecified atom stereocenters. The van der Waals surface area contributed by atoms with Crippen LogP contribution in [-0.4, -0.2) is 136 Å². The topological polar surface area (TPSA) is 262 Å². The molecule has 3 heterocycles. The van der Waals surface area contributed by atoms with Crippen molar-refractivity contribution in [1.82, 2.24) is 26.2 Å². The molecule has 3 aliphatic heterocycles. The van der Waals surface area contributed by atoms with Gasteiger partial charge in [0.1, 0.15) is 23.6 Å². The Morgan fingerprint density at radius 2 is 1.56 bits per heavy atom. The summed E-state index contributed by atoms with van der Waals surface area (Å²) >= 11 is 0. The number of rotatable bonds is 27. The van der Waals surface area contributed by atoms with Crippen LogP contribution in [0.25, 0.3) is 0 Å². The van der Waals surface area contributed by atoms with Crippen LogP contribution < -0.4 is 36.4 Å². The fourth-order valence-corrected chi connectivity index (χ4v) is 13.7. The number of likely N-dealkylation sites (tertiary alicyclic amines) is 1. The first kappa shape index (κ1) is 66.9. The van der Waals surface area contributed by atoms with Crippen molar-refractivity contribution in [1.29, 1.82) is 0 Å². The number of unbranched alkanes of at least 4 members (excludes halogenated alkanes) is 2. The van der Waals surface area contributed by atoms with E-state index in [0.717, 1.165) is 58.5 Å². The summed E-state index contributed by atoms with van der Waals surface area (Å²) in [7, 11) is -0.901. The van der Waals surface area contributed by atoms with Crippen molar-refractivity contribution in [3.05, 3.63) is 194 Å². The number of fused-ring (bicyclic) bond motifs is 2. The molecule has 4 aliphatic rings. The van der Waals surface area contributed by atoms with Crippen LogP contribution in [0.1, 0.15) is 132 Å². The molecule has 0 spiro atoms. The minimum Gasteiger partial charge on any atom is -0.497 e. The van der Waals surface area contributed by atoms with Crippen molar-refractivity contribution in [2.75, 3.05) is 58.0 Å². The minimum absolute atomic E-state index is 0.00558. The molecule has 9 rings (SSSR count). The fourth-order valence-electron chi connectivity index (χ4n) is 13.1. The number of ketones is 2. The third-order valence-electron chi connectivity index (χ3n) is 17.9. The minimum atomic E-state index is -4.79. The lowest BCUT2D eigenvalue weighted by Crippen LogP contribution is -2.55.